The second-order valence-corrected chi connectivity index (χ2v) is 4.81. The van der Waals surface area contributed by atoms with E-state index in [0.717, 1.165) is 21.2 Å². The number of nitriles is 1. The number of nitrogens with zero attached hydrogens (tertiary/aromatic N) is 2. The van der Waals surface area contributed by atoms with Gasteiger partial charge in [0, 0.05) is 16.2 Å². The Kier molecular flexibility index (Phi) is 3.46. The van der Waals surface area contributed by atoms with E-state index in [-0.39, 0.29) is 5.15 Å². The minimum atomic E-state index is 0.238. The third-order valence-corrected chi connectivity index (χ3v) is 3.64. The Hall–Kier alpha value is -1.37. The van der Waals surface area contributed by atoms with Crippen LogP contribution in [0.25, 0.3) is 11.1 Å². The van der Waals surface area contributed by atoms with Crippen molar-refractivity contribution in [3.63, 3.8) is 0 Å². The summed E-state index contributed by atoms with van der Waals surface area (Å²) in [7, 11) is 0. The van der Waals surface area contributed by atoms with E-state index in [4.69, 9.17) is 16.9 Å². The fraction of sp³-hybridized carbons (Fsp3) is 0.0769. The topological polar surface area (TPSA) is 36.7 Å². The second-order valence-electron chi connectivity index (χ2n) is 3.60. The summed E-state index contributed by atoms with van der Waals surface area (Å²) in [6.07, 6.45) is 1.60. The van der Waals surface area contributed by atoms with E-state index in [1.807, 2.05) is 25.1 Å². The van der Waals surface area contributed by atoms with E-state index in [9.17, 15) is 0 Å². The summed E-state index contributed by atoms with van der Waals surface area (Å²) in [5, 5.41) is 9.34. The van der Waals surface area contributed by atoms with Crippen molar-refractivity contribution in [1.29, 1.82) is 5.26 Å². The van der Waals surface area contributed by atoms with Crippen LogP contribution in [0.2, 0.25) is 5.15 Å². The van der Waals surface area contributed by atoms with Gasteiger partial charge < -0.3 is 0 Å². The van der Waals surface area contributed by atoms with Gasteiger partial charge in [-0.15, -0.1) is 0 Å². The van der Waals surface area contributed by atoms with Crippen molar-refractivity contribution in [2.45, 2.75) is 6.92 Å². The van der Waals surface area contributed by atoms with Crippen LogP contribution < -0.4 is 0 Å². The van der Waals surface area contributed by atoms with Gasteiger partial charge in [-0.25, -0.2) is 4.98 Å². The van der Waals surface area contributed by atoms with Crippen LogP contribution in [0.4, 0.5) is 0 Å². The number of aromatic nitrogens is 1. The van der Waals surface area contributed by atoms with E-state index < -0.39 is 0 Å². The molecular weight excluding hydrogens is 300 g/mol. The molecule has 0 fully saturated rings. The van der Waals surface area contributed by atoms with E-state index in [0.29, 0.717) is 5.56 Å². The third kappa shape index (κ3) is 2.33. The van der Waals surface area contributed by atoms with Gasteiger partial charge in [0.15, 0.2) is 0 Å². The van der Waals surface area contributed by atoms with Crippen LogP contribution in [0, 0.1) is 18.3 Å². The molecule has 0 atom stereocenters. The van der Waals surface area contributed by atoms with E-state index in [2.05, 4.69) is 27.0 Å². The van der Waals surface area contributed by atoms with Crippen molar-refractivity contribution < 1.29 is 0 Å². The van der Waals surface area contributed by atoms with E-state index in [1.165, 1.54) is 0 Å². The van der Waals surface area contributed by atoms with Crippen molar-refractivity contribution in [3.05, 3.63) is 51.2 Å². The smallest absolute Gasteiger partial charge is 0.147 e. The Morgan fingerprint density at radius 2 is 2.12 bits per heavy atom. The van der Waals surface area contributed by atoms with Crippen molar-refractivity contribution >= 4 is 27.5 Å². The number of halogens is 2. The largest absolute Gasteiger partial charge is 0.243 e. The van der Waals surface area contributed by atoms with Gasteiger partial charge in [-0.3, -0.25) is 0 Å². The first-order valence-corrected chi connectivity index (χ1v) is 6.11. The minimum absolute atomic E-state index is 0.238. The lowest BCUT2D eigenvalue weighted by Gasteiger charge is -2.07. The van der Waals surface area contributed by atoms with E-state index >= 15 is 0 Å². The minimum Gasteiger partial charge on any atom is -0.243 e. The molecule has 0 unspecified atom stereocenters. The molecule has 0 aliphatic heterocycles. The quantitative estimate of drug-likeness (QED) is 0.735. The Morgan fingerprint density at radius 3 is 2.76 bits per heavy atom. The summed E-state index contributed by atoms with van der Waals surface area (Å²) in [5.74, 6) is 0. The summed E-state index contributed by atoms with van der Waals surface area (Å²) < 4.78 is 1.01. The molecule has 1 heterocycles. The predicted octanol–water partition coefficient (Wildman–Crippen LogP) is 4.34. The number of hydrogen-bond acceptors (Lipinski definition) is 2. The zero-order valence-corrected chi connectivity index (χ0v) is 11.4. The van der Waals surface area contributed by atoms with Crippen LogP contribution >= 0.6 is 27.5 Å². The first-order valence-electron chi connectivity index (χ1n) is 4.94. The second kappa shape index (κ2) is 4.87. The molecule has 0 saturated carbocycles. The SMILES string of the molecule is Cc1ccc(-c2ccnc(Cl)c2C#N)cc1Br. The first-order chi connectivity index (χ1) is 8.13. The molecule has 0 aliphatic rings. The molecule has 0 amide bonds. The fourth-order valence-corrected chi connectivity index (χ4v) is 2.12. The Morgan fingerprint density at radius 1 is 1.35 bits per heavy atom. The third-order valence-electron chi connectivity index (χ3n) is 2.50. The Balaban J connectivity index is 2.65. The zero-order valence-electron chi connectivity index (χ0n) is 9.04. The number of benzene rings is 1. The van der Waals surface area contributed by atoms with Crippen LogP contribution in [0.3, 0.4) is 0 Å². The average molecular weight is 308 g/mol. The highest BCUT2D eigenvalue weighted by atomic mass is 79.9. The highest BCUT2D eigenvalue weighted by molar-refractivity contribution is 9.10. The molecule has 84 valence electrons. The van der Waals surface area contributed by atoms with Gasteiger partial charge in [0.2, 0.25) is 0 Å². The highest BCUT2D eigenvalue weighted by Gasteiger charge is 2.10. The van der Waals surface area contributed by atoms with Gasteiger partial charge in [-0.2, -0.15) is 5.26 Å². The van der Waals surface area contributed by atoms with Crippen LogP contribution in [-0.4, -0.2) is 4.98 Å². The average Bonchev–Trinajstić information content (AvgIpc) is 2.32. The summed E-state index contributed by atoms with van der Waals surface area (Å²) in [4.78, 5) is 3.91. The predicted molar refractivity (Wildman–Crippen MR) is 71.8 cm³/mol. The van der Waals surface area contributed by atoms with Crippen LogP contribution in [0.15, 0.2) is 34.9 Å². The van der Waals surface area contributed by atoms with Crippen LogP contribution in [0.1, 0.15) is 11.1 Å². The molecule has 1 aromatic heterocycles. The maximum absolute atomic E-state index is 9.10. The lowest BCUT2D eigenvalue weighted by atomic mass is 10.0. The normalized spacial score (nSPS) is 10.0. The molecule has 0 radical (unpaired) electrons. The maximum Gasteiger partial charge on any atom is 0.147 e. The van der Waals surface area contributed by atoms with Gasteiger partial charge in [0.1, 0.15) is 11.2 Å². The van der Waals surface area contributed by atoms with E-state index in [1.54, 1.807) is 12.3 Å². The molecule has 1 aromatic carbocycles. The number of aryl methyl sites for hydroxylation is 1. The monoisotopic (exact) mass is 306 g/mol. The first kappa shape index (κ1) is 12.1. The summed E-state index contributed by atoms with van der Waals surface area (Å²) in [6.45, 7) is 2.01. The molecule has 0 aliphatic carbocycles. The maximum atomic E-state index is 9.10. The zero-order chi connectivity index (χ0) is 12.4. The van der Waals surface area contributed by atoms with Gasteiger partial charge in [0.25, 0.3) is 0 Å². The summed E-state index contributed by atoms with van der Waals surface area (Å²) in [6, 6.07) is 9.81. The molecule has 2 rings (SSSR count). The fourth-order valence-electron chi connectivity index (χ4n) is 1.54. The summed E-state index contributed by atoms with van der Waals surface area (Å²) in [5.41, 5.74) is 3.30. The van der Waals surface area contributed by atoms with Gasteiger partial charge in [-0.1, -0.05) is 39.7 Å². The molecule has 0 N–H and O–H groups in total. The lowest BCUT2D eigenvalue weighted by Crippen LogP contribution is -1.89. The van der Waals surface area contributed by atoms with Crippen molar-refractivity contribution in [1.82, 2.24) is 4.98 Å². The standard InChI is InChI=1S/C13H8BrClN2/c1-8-2-3-9(6-12(8)14)10-4-5-17-13(15)11(10)7-16/h2-6H,1H3. The summed E-state index contributed by atoms with van der Waals surface area (Å²) >= 11 is 9.38. The Labute approximate surface area is 113 Å². The van der Waals surface area contributed by atoms with Crippen LogP contribution in [0.5, 0.6) is 0 Å². The van der Waals surface area contributed by atoms with Crippen LogP contribution in [-0.2, 0) is 0 Å². The molecule has 0 saturated heterocycles. The molecule has 17 heavy (non-hydrogen) atoms. The number of pyridine rings is 1. The van der Waals surface area contributed by atoms with Crippen molar-refractivity contribution in [2.75, 3.05) is 0 Å². The highest BCUT2D eigenvalue weighted by Crippen LogP contribution is 2.30. The lowest BCUT2D eigenvalue weighted by molar-refractivity contribution is 1.30. The molecule has 0 spiro atoms. The molecule has 2 nitrogen and oxygen atoms in total. The van der Waals surface area contributed by atoms with Crippen molar-refractivity contribution in [2.24, 2.45) is 0 Å². The Bertz CT molecular complexity index is 617. The molecular formula is C13H8BrClN2. The molecule has 4 heteroatoms. The van der Waals surface area contributed by atoms with Crippen molar-refractivity contribution in [3.8, 4) is 17.2 Å². The van der Waals surface area contributed by atoms with Gasteiger partial charge in [0.05, 0.1) is 5.56 Å². The van der Waals surface area contributed by atoms with Gasteiger partial charge in [-0.05, 0) is 30.2 Å². The number of hydrogen-bond donors (Lipinski definition) is 0. The molecule has 0 bridgehead atoms. The van der Waals surface area contributed by atoms with Gasteiger partial charge >= 0.3 is 0 Å². The number of rotatable bonds is 1. The molecule has 2 aromatic rings.